The number of oxazole rings is 1. The number of piperazine rings is 1. The van der Waals surface area contributed by atoms with Crippen LogP contribution in [0.4, 0.5) is 13.2 Å². The van der Waals surface area contributed by atoms with Crippen LogP contribution in [0.3, 0.4) is 0 Å². The number of rotatable bonds is 7. The zero-order valence-corrected chi connectivity index (χ0v) is 19.1. The van der Waals surface area contributed by atoms with Crippen LogP contribution in [-0.4, -0.2) is 46.9 Å². The second kappa shape index (κ2) is 10.6. The molecule has 4 rings (SSSR count). The molecule has 2 heterocycles. The van der Waals surface area contributed by atoms with Crippen molar-refractivity contribution >= 4 is 17.5 Å². The van der Waals surface area contributed by atoms with Crippen LogP contribution >= 0.6 is 11.6 Å². The molecule has 0 spiro atoms. The largest absolute Gasteiger partial charge is 0.447 e. The predicted molar refractivity (Wildman–Crippen MR) is 121 cm³/mol. The lowest BCUT2D eigenvalue weighted by Gasteiger charge is -2.34. The van der Waals surface area contributed by atoms with Crippen molar-refractivity contribution in [3.63, 3.8) is 0 Å². The maximum atomic E-state index is 12.8. The topological polar surface area (TPSA) is 61.6 Å². The molecule has 0 unspecified atom stereocenters. The number of hydrogen-bond donors (Lipinski definition) is 1. The fraction of sp³-hybridized carbons (Fsp3) is 0.333. The van der Waals surface area contributed by atoms with E-state index in [0.717, 1.165) is 49.9 Å². The van der Waals surface area contributed by atoms with E-state index in [-0.39, 0.29) is 12.2 Å². The molecule has 0 bridgehead atoms. The molecule has 0 radical (unpaired) electrons. The number of amides is 1. The van der Waals surface area contributed by atoms with Crippen LogP contribution in [0, 0.1) is 0 Å². The standard InChI is InChI=1S/C24H24ClF3N4O2/c25-20-6-4-17(5-7-20)14-31-8-10-32(11-9-31)15-22-30-21(16-34-22)23(33)29-13-18-2-1-3-19(12-18)24(26,27)28/h1-7,12,16H,8-11,13-15H2,(H,29,33). The van der Waals surface area contributed by atoms with E-state index in [0.29, 0.717) is 18.0 Å². The number of alkyl halides is 3. The maximum Gasteiger partial charge on any atom is 0.416 e. The average Bonchev–Trinajstić information content (AvgIpc) is 3.28. The van der Waals surface area contributed by atoms with Gasteiger partial charge in [-0.3, -0.25) is 14.6 Å². The summed E-state index contributed by atoms with van der Waals surface area (Å²) in [5.41, 5.74) is 0.911. The van der Waals surface area contributed by atoms with Gasteiger partial charge < -0.3 is 9.73 Å². The minimum absolute atomic E-state index is 0.0411. The smallest absolute Gasteiger partial charge is 0.416 e. The highest BCUT2D eigenvalue weighted by atomic mass is 35.5. The third-order valence-electron chi connectivity index (χ3n) is 5.63. The second-order valence-electron chi connectivity index (χ2n) is 8.19. The summed E-state index contributed by atoms with van der Waals surface area (Å²) < 4.78 is 44.0. The van der Waals surface area contributed by atoms with Crippen LogP contribution in [0.25, 0.3) is 0 Å². The number of benzene rings is 2. The van der Waals surface area contributed by atoms with Crippen molar-refractivity contribution in [3.8, 4) is 0 Å². The molecule has 180 valence electrons. The van der Waals surface area contributed by atoms with Crippen molar-refractivity contribution in [2.24, 2.45) is 0 Å². The van der Waals surface area contributed by atoms with Crippen LogP contribution in [0.15, 0.2) is 59.2 Å². The van der Waals surface area contributed by atoms with Gasteiger partial charge in [0.2, 0.25) is 5.89 Å². The summed E-state index contributed by atoms with van der Waals surface area (Å²) in [6, 6.07) is 12.7. The van der Waals surface area contributed by atoms with Crippen LogP contribution in [0.1, 0.15) is 33.1 Å². The molecule has 1 aliphatic heterocycles. The van der Waals surface area contributed by atoms with Gasteiger partial charge in [-0.05, 0) is 35.4 Å². The van der Waals surface area contributed by atoms with Gasteiger partial charge in [-0.1, -0.05) is 35.9 Å². The highest BCUT2D eigenvalue weighted by molar-refractivity contribution is 6.30. The highest BCUT2D eigenvalue weighted by Crippen LogP contribution is 2.29. The Morgan fingerprint density at radius 3 is 2.35 bits per heavy atom. The molecule has 1 saturated heterocycles. The molecular formula is C24H24ClF3N4O2. The third-order valence-corrected chi connectivity index (χ3v) is 5.89. The summed E-state index contributed by atoms with van der Waals surface area (Å²) in [7, 11) is 0. The molecular weight excluding hydrogens is 469 g/mol. The number of aromatic nitrogens is 1. The van der Waals surface area contributed by atoms with Gasteiger partial charge in [-0.25, -0.2) is 4.98 Å². The summed E-state index contributed by atoms with van der Waals surface area (Å²) in [6.45, 7) is 4.78. The molecule has 6 nitrogen and oxygen atoms in total. The molecule has 1 amide bonds. The zero-order valence-electron chi connectivity index (χ0n) is 18.3. The molecule has 1 aromatic heterocycles. The van der Waals surface area contributed by atoms with Gasteiger partial charge in [-0.15, -0.1) is 0 Å². The SMILES string of the molecule is O=C(NCc1cccc(C(F)(F)F)c1)c1coc(CN2CCN(Cc3ccc(Cl)cc3)CC2)n1. The summed E-state index contributed by atoms with van der Waals surface area (Å²) in [5, 5.41) is 3.31. The Labute approximate surface area is 200 Å². The molecule has 10 heteroatoms. The van der Waals surface area contributed by atoms with Gasteiger partial charge in [-0.2, -0.15) is 13.2 Å². The van der Waals surface area contributed by atoms with Crippen molar-refractivity contribution in [2.75, 3.05) is 26.2 Å². The van der Waals surface area contributed by atoms with Crippen molar-refractivity contribution in [2.45, 2.75) is 25.8 Å². The molecule has 0 atom stereocenters. The van der Waals surface area contributed by atoms with Crippen molar-refractivity contribution < 1.29 is 22.4 Å². The molecule has 34 heavy (non-hydrogen) atoms. The van der Waals surface area contributed by atoms with E-state index in [1.54, 1.807) is 0 Å². The lowest BCUT2D eigenvalue weighted by Crippen LogP contribution is -2.45. The van der Waals surface area contributed by atoms with Crippen LogP contribution in [-0.2, 0) is 25.8 Å². The van der Waals surface area contributed by atoms with Crippen molar-refractivity contribution in [3.05, 3.63) is 88.1 Å². The Kier molecular flexibility index (Phi) is 7.55. The first kappa shape index (κ1) is 24.3. The second-order valence-corrected chi connectivity index (χ2v) is 8.62. The van der Waals surface area contributed by atoms with Crippen LogP contribution in [0.2, 0.25) is 5.02 Å². The monoisotopic (exact) mass is 492 g/mol. The summed E-state index contributed by atoms with van der Waals surface area (Å²) in [6.07, 6.45) is -3.16. The first-order chi connectivity index (χ1) is 16.3. The number of hydrogen-bond acceptors (Lipinski definition) is 5. The van der Waals surface area contributed by atoms with E-state index < -0.39 is 17.6 Å². The molecule has 3 aromatic rings. The normalized spacial score (nSPS) is 15.4. The fourth-order valence-electron chi connectivity index (χ4n) is 3.76. The Morgan fingerprint density at radius 1 is 1.00 bits per heavy atom. The number of nitrogens with one attached hydrogen (secondary N) is 1. The molecule has 1 aliphatic rings. The van der Waals surface area contributed by atoms with Crippen LogP contribution < -0.4 is 5.32 Å². The van der Waals surface area contributed by atoms with Gasteiger partial charge in [0.25, 0.3) is 5.91 Å². The molecule has 0 aliphatic carbocycles. The van der Waals surface area contributed by atoms with Gasteiger partial charge in [0.15, 0.2) is 5.69 Å². The number of halogens is 4. The van der Waals surface area contributed by atoms with E-state index in [2.05, 4.69) is 20.1 Å². The Bertz CT molecular complexity index is 1110. The van der Waals surface area contributed by atoms with E-state index >= 15 is 0 Å². The quantitative estimate of drug-likeness (QED) is 0.522. The molecule has 2 aromatic carbocycles. The predicted octanol–water partition coefficient (Wildman–Crippen LogP) is 4.59. The van der Waals surface area contributed by atoms with Crippen LogP contribution in [0.5, 0.6) is 0 Å². The number of carbonyl (C=O) groups is 1. The van der Waals surface area contributed by atoms with Gasteiger partial charge in [0, 0.05) is 44.3 Å². The zero-order chi connectivity index (χ0) is 24.1. The Hall–Kier alpha value is -2.88. The average molecular weight is 493 g/mol. The highest BCUT2D eigenvalue weighted by Gasteiger charge is 2.30. The number of carbonyl (C=O) groups excluding carboxylic acids is 1. The lowest BCUT2D eigenvalue weighted by molar-refractivity contribution is -0.137. The molecule has 0 saturated carbocycles. The van der Waals surface area contributed by atoms with Crippen molar-refractivity contribution in [1.82, 2.24) is 20.1 Å². The first-order valence-corrected chi connectivity index (χ1v) is 11.2. The minimum atomic E-state index is -4.43. The van der Waals surface area contributed by atoms with Gasteiger partial charge >= 0.3 is 6.18 Å². The van der Waals surface area contributed by atoms with Gasteiger partial charge in [0.05, 0.1) is 12.1 Å². The molecule has 1 fully saturated rings. The summed E-state index contributed by atoms with van der Waals surface area (Å²) in [4.78, 5) is 21.2. The van der Waals surface area contributed by atoms with E-state index in [1.165, 1.54) is 24.0 Å². The Balaban J connectivity index is 1.23. The third kappa shape index (κ3) is 6.59. The van der Waals surface area contributed by atoms with E-state index in [1.807, 2.05) is 24.3 Å². The van der Waals surface area contributed by atoms with E-state index in [4.69, 9.17) is 16.0 Å². The fourth-order valence-corrected chi connectivity index (χ4v) is 3.89. The maximum absolute atomic E-state index is 12.8. The van der Waals surface area contributed by atoms with Crippen molar-refractivity contribution in [1.29, 1.82) is 0 Å². The lowest BCUT2D eigenvalue weighted by atomic mass is 10.1. The molecule has 1 N–H and O–H groups in total. The summed E-state index contributed by atoms with van der Waals surface area (Å²) in [5.74, 6) is -0.0736. The first-order valence-electron chi connectivity index (χ1n) is 10.8. The summed E-state index contributed by atoms with van der Waals surface area (Å²) >= 11 is 5.94. The van der Waals surface area contributed by atoms with E-state index in [9.17, 15) is 18.0 Å². The number of nitrogens with zero attached hydrogens (tertiary/aromatic N) is 3. The Morgan fingerprint density at radius 2 is 1.68 bits per heavy atom. The minimum Gasteiger partial charge on any atom is -0.447 e. The van der Waals surface area contributed by atoms with Gasteiger partial charge in [0.1, 0.15) is 6.26 Å².